The van der Waals surface area contributed by atoms with Crippen molar-refractivity contribution in [2.45, 2.75) is 57.7 Å². The van der Waals surface area contributed by atoms with E-state index in [1.807, 2.05) is 32.7 Å². The summed E-state index contributed by atoms with van der Waals surface area (Å²) in [5.74, 6) is 0.0842. The monoisotopic (exact) mass is 240 g/mol. The number of hydrogen-bond donors (Lipinski definition) is 1. The Morgan fingerprint density at radius 2 is 2.06 bits per heavy atom. The maximum Gasteiger partial charge on any atom is 0.243 e. The summed E-state index contributed by atoms with van der Waals surface area (Å²) >= 11 is 0. The van der Waals surface area contributed by atoms with Crippen molar-refractivity contribution in [3.63, 3.8) is 0 Å². The van der Waals surface area contributed by atoms with Crippen LogP contribution in [0.5, 0.6) is 0 Å². The molecule has 0 radical (unpaired) electrons. The minimum Gasteiger partial charge on any atom is -0.378 e. The van der Waals surface area contributed by atoms with Crippen LogP contribution in [-0.2, 0) is 9.53 Å². The third-order valence-electron chi connectivity index (χ3n) is 4.63. The van der Waals surface area contributed by atoms with Crippen molar-refractivity contribution in [1.82, 2.24) is 4.90 Å². The van der Waals surface area contributed by atoms with E-state index in [-0.39, 0.29) is 17.4 Å². The van der Waals surface area contributed by atoms with Crippen LogP contribution < -0.4 is 5.73 Å². The molecule has 0 saturated heterocycles. The number of nitrogens with two attached hydrogens (primary N) is 1. The summed E-state index contributed by atoms with van der Waals surface area (Å²) in [5.41, 5.74) is 5.32. The number of nitrogens with zero attached hydrogens (tertiary/aromatic N) is 1. The van der Waals surface area contributed by atoms with E-state index in [1.165, 1.54) is 0 Å². The van der Waals surface area contributed by atoms with Gasteiger partial charge in [-0.3, -0.25) is 4.79 Å². The van der Waals surface area contributed by atoms with Crippen LogP contribution in [0.3, 0.4) is 0 Å². The molecule has 0 aromatic rings. The lowest BCUT2D eigenvalue weighted by atomic mass is 9.54. The minimum atomic E-state index is -0.746. The predicted molar refractivity (Wildman–Crippen MR) is 66.5 cm³/mol. The maximum absolute atomic E-state index is 12.4. The van der Waals surface area contributed by atoms with Crippen molar-refractivity contribution < 1.29 is 9.53 Å². The number of ether oxygens (including phenoxy) is 1. The van der Waals surface area contributed by atoms with Gasteiger partial charge in [-0.05, 0) is 19.8 Å². The number of amides is 1. The smallest absolute Gasteiger partial charge is 0.243 e. The largest absolute Gasteiger partial charge is 0.378 e. The summed E-state index contributed by atoms with van der Waals surface area (Å²) in [7, 11) is 1.87. The van der Waals surface area contributed by atoms with Crippen molar-refractivity contribution in [3.8, 4) is 0 Å². The molecule has 0 aliphatic heterocycles. The number of hydrogen-bond acceptors (Lipinski definition) is 3. The highest BCUT2D eigenvalue weighted by atomic mass is 16.5. The fourth-order valence-corrected chi connectivity index (χ4v) is 2.74. The van der Waals surface area contributed by atoms with E-state index >= 15 is 0 Å². The van der Waals surface area contributed by atoms with Crippen LogP contribution in [0.1, 0.15) is 40.0 Å². The molecule has 2 N–H and O–H groups in total. The summed E-state index contributed by atoms with van der Waals surface area (Å²) in [6.45, 7) is 6.73. The van der Waals surface area contributed by atoms with Crippen LogP contribution in [0.25, 0.3) is 0 Å². The zero-order chi connectivity index (χ0) is 12.8. The second-order valence-corrected chi connectivity index (χ2v) is 5.99. The van der Waals surface area contributed by atoms with Crippen molar-refractivity contribution in [1.29, 1.82) is 0 Å². The van der Waals surface area contributed by atoms with Gasteiger partial charge in [-0.1, -0.05) is 13.8 Å². The zero-order valence-corrected chi connectivity index (χ0v) is 11.3. The Kier molecular flexibility index (Phi) is 2.99. The van der Waals surface area contributed by atoms with Gasteiger partial charge in [0.25, 0.3) is 0 Å². The molecule has 98 valence electrons. The predicted octanol–water partition coefficient (Wildman–Crippen LogP) is 1.14. The van der Waals surface area contributed by atoms with Gasteiger partial charge in [0, 0.05) is 31.5 Å². The van der Waals surface area contributed by atoms with E-state index in [0.717, 1.165) is 12.8 Å². The van der Waals surface area contributed by atoms with Crippen LogP contribution in [-0.4, -0.2) is 42.1 Å². The molecule has 0 aromatic heterocycles. The maximum atomic E-state index is 12.4. The second-order valence-electron chi connectivity index (χ2n) is 5.99. The lowest BCUT2D eigenvalue weighted by Gasteiger charge is -2.58. The molecule has 2 aliphatic rings. The van der Waals surface area contributed by atoms with Crippen LogP contribution in [0.2, 0.25) is 0 Å². The molecule has 0 bridgehead atoms. The van der Waals surface area contributed by atoms with E-state index in [4.69, 9.17) is 10.5 Å². The Balaban J connectivity index is 2.07. The lowest BCUT2D eigenvalue weighted by molar-refractivity contribution is -0.178. The highest BCUT2D eigenvalue weighted by Gasteiger charge is 2.64. The van der Waals surface area contributed by atoms with Crippen molar-refractivity contribution in [3.05, 3.63) is 0 Å². The average Bonchev–Trinajstić information content (AvgIpc) is 3.10. The first-order valence-corrected chi connectivity index (χ1v) is 6.52. The van der Waals surface area contributed by atoms with Crippen molar-refractivity contribution in [2.24, 2.45) is 11.1 Å². The highest BCUT2D eigenvalue weighted by Crippen LogP contribution is 2.51. The molecule has 2 rings (SSSR count). The third-order valence-corrected chi connectivity index (χ3v) is 4.63. The lowest BCUT2D eigenvalue weighted by Crippen LogP contribution is -2.75. The number of carbonyl (C=O) groups excluding carboxylic acids is 1. The van der Waals surface area contributed by atoms with Gasteiger partial charge in [0.15, 0.2) is 0 Å². The van der Waals surface area contributed by atoms with Gasteiger partial charge < -0.3 is 15.4 Å². The van der Waals surface area contributed by atoms with Gasteiger partial charge in [0.1, 0.15) is 5.54 Å². The van der Waals surface area contributed by atoms with Crippen LogP contribution in [0.4, 0.5) is 0 Å². The SMILES string of the molecule is CCOC1CC(N)(C(=O)N(C)C2CC2)C1(C)C. The molecule has 0 aromatic carbocycles. The van der Waals surface area contributed by atoms with Gasteiger partial charge in [-0.2, -0.15) is 0 Å². The Morgan fingerprint density at radius 3 is 2.47 bits per heavy atom. The first kappa shape index (κ1) is 12.8. The van der Waals surface area contributed by atoms with Gasteiger partial charge in [-0.25, -0.2) is 0 Å². The highest BCUT2D eigenvalue weighted by molar-refractivity contribution is 5.89. The first-order chi connectivity index (χ1) is 7.84. The topological polar surface area (TPSA) is 55.6 Å². The Bertz CT molecular complexity index is 325. The van der Waals surface area contributed by atoms with Gasteiger partial charge >= 0.3 is 0 Å². The van der Waals surface area contributed by atoms with E-state index in [1.54, 1.807) is 0 Å². The summed E-state index contributed by atoms with van der Waals surface area (Å²) in [5, 5.41) is 0. The minimum absolute atomic E-state index is 0.0842. The molecule has 4 nitrogen and oxygen atoms in total. The summed E-state index contributed by atoms with van der Waals surface area (Å²) < 4.78 is 5.64. The Labute approximate surface area is 103 Å². The Hall–Kier alpha value is -0.610. The van der Waals surface area contributed by atoms with Crippen LogP contribution in [0, 0.1) is 5.41 Å². The fraction of sp³-hybridized carbons (Fsp3) is 0.923. The number of likely N-dealkylation sites (N-methyl/N-ethyl adjacent to an activating group) is 1. The summed E-state index contributed by atoms with van der Waals surface area (Å²) in [6, 6.07) is 0.421. The second kappa shape index (κ2) is 3.95. The quantitative estimate of drug-likeness (QED) is 0.801. The normalized spacial score (nSPS) is 35.2. The average molecular weight is 240 g/mol. The molecule has 2 atom stereocenters. The molecule has 2 unspecified atom stereocenters. The molecule has 2 aliphatic carbocycles. The molecular formula is C13H24N2O2. The Morgan fingerprint density at radius 1 is 1.47 bits per heavy atom. The van der Waals surface area contributed by atoms with Gasteiger partial charge in [0.2, 0.25) is 5.91 Å². The fourth-order valence-electron chi connectivity index (χ4n) is 2.74. The van der Waals surface area contributed by atoms with E-state index < -0.39 is 5.54 Å². The molecule has 0 spiro atoms. The number of carbonyl (C=O) groups is 1. The molecule has 4 heteroatoms. The van der Waals surface area contributed by atoms with Gasteiger partial charge in [0.05, 0.1) is 6.10 Å². The van der Waals surface area contributed by atoms with E-state index in [9.17, 15) is 4.79 Å². The summed E-state index contributed by atoms with van der Waals surface area (Å²) in [6.07, 6.45) is 2.99. The standard InChI is InChI=1S/C13H24N2O2/c1-5-17-10-8-13(14,12(10,2)3)11(16)15(4)9-6-7-9/h9-10H,5-8,14H2,1-4H3. The van der Waals surface area contributed by atoms with Crippen LogP contribution >= 0.6 is 0 Å². The summed E-state index contributed by atoms with van der Waals surface area (Å²) in [4.78, 5) is 14.3. The van der Waals surface area contributed by atoms with E-state index in [0.29, 0.717) is 19.1 Å². The van der Waals surface area contributed by atoms with E-state index in [2.05, 4.69) is 0 Å². The molecule has 0 heterocycles. The zero-order valence-electron chi connectivity index (χ0n) is 11.3. The third kappa shape index (κ3) is 1.78. The van der Waals surface area contributed by atoms with Gasteiger partial charge in [-0.15, -0.1) is 0 Å². The van der Waals surface area contributed by atoms with Crippen molar-refractivity contribution in [2.75, 3.05) is 13.7 Å². The number of rotatable bonds is 4. The molecule has 2 fully saturated rings. The molecule has 1 amide bonds. The molecule has 17 heavy (non-hydrogen) atoms. The molecular weight excluding hydrogens is 216 g/mol. The first-order valence-electron chi connectivity index (χ1n) is 6.52. The van der Waals surface area contributed by atoms with Crippen LogP contribution in [0.15, 0.2) is 0 Å². The van der Waals surface area contributed by atoms with Crippen molar-refractivity contribution >= 4 is 5.91 Å². The molecule has 2 saturated carbocycles.